The van der Waals surface area contributed by atoms with Crippen LogP contribution in [0.3, 0.4) is 0 Å². The molecule has 0 fully saturated rings. The van der Waals surface area contributed by atoms with Crippen LogP contribution in [-0.2, 0) is 0 Å². The summed E-state index contributed by atoms with van der Waals surface area (Å²) in [4.78, 5) is 0. The number of benzene rings is 1. The Balaban J connectivity index is 2.59. The molecule has 0 atom stereocenters. The van der Waals surface area contributed by atoms with Crippen molar-refractivity contribution in [2.24, 2.45) is 0 Å². The van der Waals surface area contributed by atoms with Gasteiger partial charge in [-0.3, -0.25) is 0 Å². The van der Waals surface area contributed by atoms with Crippen LogP contribution in [0.25, 0.3) is 11.3 Å². The number of furan rings is 1. The number of nitrogens with two attached hydrogens (primary N) is 1. The summed E-state index contributed by atoms with van der Waals surface area (Å²) in [5.74, 6) is -0.949. The first-order valence-corrected chi connectivity index (χ1v) is 4.53. The summed E-state index contributed by atoms with van der Waals surface area (Å²) < 4.78 is 5.01. The lowest BCUT2D eigenvalue weighted by Gasteiger charge is -1.97. The van der Waals surface area contributed by atoms with Gasteiger partial charge in [0.25, 0.3) is 0 Å². The molecule has 0 radical (unpaired) electrons. The highest BCUT2D eigenvalue weighted by atomic mass is 35.5. The second-order valence-corrected chi connectivity index (χ2v) is 3.44. The Morgan fingerprint density at radius 1 is 1.20 bits per heavy atom. The highest BCUT2D eigenvalue weighted by Crippen LogP contribution is 2.43. The zero-order chi connectivity index (χ0) is 11.0. The Bertz CT molecular complexity index is 507. The normalized spacial score (nSPS) is 10.5. The molecule has 0 spiro atoms. The first-order valence-electron chi connectivity index (χ1n) is 4.15. The molecule has 78 valence electrons. The maximum absolute atomic E-state index is 9.50. The van der Waals surface area contributed by atoms with Gasteiger partial charge in [-0.15, -0.1) is 0 Å². The maximum Gasteiger partial charge on any atom is 0.237 e. The second-order valence-electron chi connectivity index (χ2n) is 3.00. The lowest BCUT2D eigenvalue weighted by atomic mass is 10.1. The standard InChI is InChI=1S/C10H8ClNO3/c11-6-3-1-2-5(4-6)9-7(13)8(14)10(12)15-9/h1-4,13-14H,12H2. The Morgan fingerprint density at radius 3 is 2.47 bits per heavy atom. The Kier molecular flexibility index (Phi) is 2.21. The first kappa shape index (κ1) is 9.73. The van der Waals surface area contributed by atoms with Gasteiger partial charge in [-0.25, -0.2) is 0 Å². The van der Waals surface area contributed by atoms with Crippen molar-refractivity contribution >= 4 is 17.5 Å². The van der Waals surface area contributed by atoms with E-state index < -0.39 is 5.75 Å². The van der Waals surface area contributed by atoms with Gasteiger partial charge in [-0.1, -0.05) is 23.7 Å². The molecule has 15 heavy (non-hydrogen) atoms. The molecule has 1 heterocycles. The number of hydrogen-bond donors (Lipinski definition) is 3. The van der Waals surface area contributed by atoms with Crippen LogP contribution in [0.4, 0.5) is 5.88 Å². The summed E-state index contributed by atoms with van der Waals surface area (Å²) in [5.41, 5.74) is 5.86. The van der Waals surface area contributed by atoms with E-state index in [0.717, 1.165) is 0 Å². The summed E-state index contributed by atoms with van der Waals surface area (Å²) in [6, 6.07) is 6.67. The van der Waals surface area contributed by atoms with E-state index in [9.17, 15) is 10.2 Å². The molecule has 0 saturated heterocycles. The average Bonchev–Trinajstić information content (AvgIpc) is 2.46. The molecule has 2 aromatic rings. The quantitative estimate of drug-likeness (QED) is 0.697. The molecule has 0 aliphatic rings. The summed E-state index contributed by atoms with van der Waals surface area (Å²) in [6.07, 6.45) is 0. The van der Waals surface area contributed by atoms with Gasteiger partial charge >= 0.3 is 0 Å². The van der Waals surface area contributed by atoms with Gasteiger partial charge in [-0.05, 0) is 12.1 Å². The van der Waals surface area contributed by atoms with E-state index >= 15 is 0 Å². The van der Waals surface area contributed by atoms with Gasteiger partial charge in [0.2, 0.25) is 17.4 Å². The van der Waals surface area contributed by atoms with Gasteiger partial charge in [0.05, 0.1) is 0 Å². The van der Waals surface area contributed by atoms with Crippen molar-refractivity contribution in [3.63, 3.8) is 0 Å². The van der Waals surface area contributed by atoms with Crippen LogP contribution in [0.2, 0.25) is 5.02 Å². The third-order valence-corrected chi connectivity index (χ3v) is 2.21. The van der Waals surface area contributed by atoms with Crippen molar-refractivity contribution in [2.45, 2.75) is 0 Å². The molecule has 0 aliphatic carbocycles. The lowest BCUT2D eigenvalue weighted by molar-refractivity contribution is 0.410. The number of nitrogen functional groups attached to an aromatic ring is 1. The molecule has 4 N–H and O–H groups in total. The van der Waals surface area contributed by atoms with Crippen LogP contribution in [0.15, 0.2) is 28.7 Å². The maximum atomic E-state index is 9.50. The van der Waals surface area contributed by atoms with E-state index in [1.807, 2.05) is 0 Å². The fourth-order valence-electron chi connectivity index (χ4n) is 1.26. The molecule has 1 aromatic carbocycles. The summed E-state index contributed by atoms with van der Waals surface area (Å²) in [6.45, 7) is 0. The smallest absolute Gasteiger partial charge is 0.237 e. The second kappa shape index (κ2) is 3.40. The monoisotopic (exact) mass is 225 g/mol. The number of hydrogen-bond acceptors (Lipinski definition) is 4. The molecule has 0 aliphatic heterocycles. The Hall–Kier alpha value is -1.81. The highest BCUT2D eigenvalue weighted by molar-refractivity contribution is 6.30. The van der Waals surface area contributed by atoms with E-state index in [4.69, 9.17) is 21.8 Å². The molecular formula is C10H8ClNO3. The van der Waals surface area contributed by atoms with E-state index in [-0.39, 0.29) is 17.4 Å². The highest BCUT2D eigenvalue weighted by Gasteiger charge is 2.18. The van der Waals surface area contributed by atoms with E-state index in [1.54, 1.807) is 24.3 Å². The van der Waals surface area contributed by atoms with Gasteiger partial charge < -0.3 is 20.4 Å². The number of rotatable bonds is 1. The minimum atomic E-state index is -0.454. The first-order chi connectivity index (χ1) is 7.09. The van der Waals surface area contributed by atoms with Crippen molar-refractivity contribution in [3.05, 3.63) is 29.3 Å². The number of anilines is 1. The van der Waals surface area contributed by atoms with Crippen molar-refractivity contribution in [1.29, 1.82) is 0 Å². The van der Waals surface area contributed by atoms with Crippen LogP contribution >= 0.6 is 11.6 Å². The Morgan fingerprint density at radius 2 is 1.93 bits per heavy atom. The predicted molar refractivity (Wildman–Crippen MR) is 56.9 cm³/mol. The van der Waals surface area contributed by atoms with Gasteiger partial charge in [-0.2, -0.15) is 0 Å². The third-order valence-electron chi connectivity index (χ3n) is 1.97. The zero-order valence-corrected chi connectivity index (χ0v) is 8.32. The van der Waals surface area contributed by atoms with E-state index in [0.29, 0.717) is 10.6 Å². The summed E-state index contributed by atoms with van der Waals surface area (Å²) in [5, 5.41) is 19.3. The fraction of sp³-hybridized carbons (Fsp3) is 0. The van der Waals surface area contributed by atoms with E-state index in [1.165, 1.54) is 0 Å². The average molecular weight is 226 g/mol. The SMILES string of the molecule is Nc1oc(-c2cccc(Cl)c2)c(O)c1O. The zero-order valence-electron chi connectivity index (χ0n) is 7.57. The topological polar surface area (TPSA) is 79.6 Å². The molecule has 0 unspecified atom stereocenters. The van der Waals surface area contributed by atoms with Crippen molar-refractivity contribution < 1.29 is 14.6 Å². The Labute approximate surface area is 90.5 Å². The molecule has 4 nitrogen and oxygen atoms in total. The van der Waals surface area contributed by atoms with Crippen LogP contribution < -0.4 is 5.73 Å². The predicted octanol–water partition coefficient (Wildman–Crippen LogP) is 2.59. The summed E-state index contributed by atoms with van der Waals surface area (Å²) in [7, 11) is 0. The van der Waals surface area contributed by atoms with Crippen LogP contribution in [-0.4, -0.2) is 10.2 Å². The minimum absolute atomic E-state index is 0.104. The van der Waals surface area contributed by atoms with Gasteiger partial charge in [0, 0.05) is 10.6 Å². The third kappa shape index (κ3) is 1.59. The van der Waals surface area contributed by atoms with Crippen LogP contribution in [0.5, 0.6) is 11.5 Å². The lowest BCUT2D eigenvalue weighted by Crippen LogP contribution is -1.78. The number of aromatic hydroxyl groups is 2. The molecule has 0 bridgehead atoms. The van der Waals surface area contributed by atoms with Gasteiger partial charge in [0.1, 0.15) is 0 Å². The van der Waals surface area contributed by atoms with Crippen molar-refractivity contribution in [3.8, 4) is 22.8 Å². The molecule has 0 amide bonds. The van der Waals surface area contributed by atoms with Crippen LogP contribution in [0, 0.1) is 0 Å². The minimum Gasteiger partial charge on any atom is -0.502 e. The van der Waals surface area contributed by atoms with Crippen molar-refractivity contribution in [1.82, 2.24) is 0 Å². The van der Waals surface area contributed by atoms with Gasteiger partial charge in [0.15, 0.2) is 5.76 Å². The molecule has 2 rings (SSSR count). The largest absolute Gasteiger partial charge is 0.502 e. The van der Waals surface area contributed by atoms with E-state index in [2.05, 4.69) is 0 Å². The van der Waals surface area contributed by atoms with Crippen molar-refractivity contribution in [2.75, 3.05) is 5.73 Å². The number of halogens is 1. The molecule has 1 aromatic heterocycles. The molecule has 5 heteroatoms. The fourth-order valence-corrected chi connectivity index (χ4v) is 1.45. The summed E-state index contributed by atoms with van der Waals surface area (Å²) >= 11 is 5.78. The van der Waals surface area contributed by atoms with Crippen LogP contribution in [0.1, 0.15) is 0 Å². The molecule has 0 saturated carbocycles. The molecular weight excluding hydrogens is 218 g/mol.